The molecule has 0 aromatic heterocycles. The van der Waals surface area contributed by atoms with Gasteiger partial charge in [-0.3, -0.25) is 0 Å². The quantitative estimate of drug-likeness (QED) is 0.281. The van der Waals surface area contributed by atoms with Crippen LogP contribution in [0.2, 0.25) is 0 Å². The Morgan fingerprint density at radius 2 is 0.679 bits per heavy atom. The molecule has 0 atom stereocenters. The fourth-order valence-electron chi connectivity index (χ4n) is 4.00. The van der Waals surface area contributed by atoms with E-state index in [0.717, 1.165) is 0 Å². The van der Waals surface area contributed by atoms with E-state index in [1.807, 2.05) is 12.1 Å². The summed E-state index contributed by atoms with van der Waals surface area (Å²) in [6.07, 6.45) is 0. The van der Waals surface area contributed by atoms with E-state index in [2.05, 4.69) is 109 Å². The van der Waals surface area contributed by atoms with E-state index in [4.69, 9.17) is 0 Å². The summed E-state index contributed by atoms with van der Waals surface area (Å²) in [5.41, 5.74) is 8.05. The van der Waals surface area contributed by atoms with E-state index in [9.17, 15) is 0 Å². The standard InChI is InChI=1S/C16H10.C12H10/c1-2-8-13-12(7-1)14-9-3-5-11-6-4-10-15(13)16(11)14;1-3-7-11(8-4-1)12-9-5-2-6-10-12/h1-10H;1-10H. The Hall–Kier alpha value is -3.64. The first-order chi connectivity index (χ1) is 13.9. The van der Waals surface area contributed by atoms with Crippen LogP contribution in [-0.2, 0) is 0 Å². The molecule has 6 rings (SSSR count). The van der Waals surface area contributed by atoms with Gasteiger partial charge in [0.25, 0.3) is 0 Å². The van der Waals surface area contributed by atoms with E-state index < -0.39 is 0 Å². The number of fused-ring (bicyclic) bond motifs is 3. The van der Waals surface area contributed by atoms with Crippen LogP contribution in [0, 0.1) is 0 Å². The lowest BCUT2D eigenvalue weighted by molar-refractivity contribution is 1.62. The normalized spacial score (nSPS) is 10.9. The van der Waals surface area contributed by atoms with E-state index >= 15 is 0 Å². The second-order valence-electron chi connectivity index (χ2n) is 6.99. The van der Waals surface area contributed by atoms with Crippen molar-refractivity contribution in [3.8, 4) is 33.4 Å². The third kappa shape index (κ3) is 2.90. The van der Waals surface area contributed by atoms with Crippen molar-refractivity contribution in [2.75, 3.05) is 0 Å². The lowest BCUT2D eigenvalue weighted by Gasteiger charge is -2.00. The van der Waals surface area contributed by atoms with Crippen molar-refractivity contribution in [2.45, 2.75) is 0 Å². The summed E-state index contributed by atoms with van der Waals surface area (Å²) in [5.74, 6) is 0. The molecule has 0 heteroatoms. The van der Waals surface area contributed by atoms with Crippen molar-refractivity contribution in [3.63, 3.8) is 0 Å². The van der Waals surface area contributed by atoms with Gasteiger partial charge in [0.15, 0.2) is 0 Å². The Morgan fingerprint density at radius 3 is 1.14 bits per heavy atom. The highest BCUT2D eigenvalue weighted by molar-refractivity contribution is 6.15. The molecule has 0 N–H and O–H groups in total. The maximum Gasteiger partial charge on any atom is -0.00264 e. The summed E-state index contributed by atoms with van der Waals surface area (Å²) in [4.78, 5) is 0. The first-order valence-electron chi connectivity index (χ1n) is 9.64. The van der Waals surface area contributed by atoms with Crippen LogP contribution in [0.15, 0.2) is 121 Å². The zero-order valence-electron chi connectivity index (χ0n) is 15.5. The van der Waals surface area contributed by atoms with Gasteiger partial charge in [-0.25, -0.2) is 0 Å². The molecule has 0 radical (unpaired) electrons. The smallest absolute Gasteiger partial charge is 0.00264 e. The third-order valence-corrected chi connectivity index (χ3v) is 5.29. The van der Waals surface area contributed by atoms with Crippen molar-refractivity contribution in [1.29, 1.82) is 0 Å². The predicted octanol–water partition coefficient (Wildman–Crippen LogP) is 7.84. The molecule has 5 aromatic rings. The van der Waals surface area contributed by atoms with Gasteiger partial charge in [-0.15, -0.1) is 0 Å². The summed E-state index contributed by atoms with van der Waals surface area (Å²) >= 11 is 0. The zero-order chi connectivity index (χ0) is 18.8. The maximum atomic E-state index is 2.22. The van der Waals surface area contributed by atoms with Crippen molar-refractivity contribution < 1.29 is 0 Å². The highest BCUT2D eigenvalue weighted by atomic mass is 14.2. The molecule has 0 amide bonds. The molecule has 132 valence electrons. The van der Waals surface area contributed by atoms with E-state index in [-0.39, 0.29) is 0 Å². The Kier molecular flexibility index (Phi) is 4.23. The molecule has 0 aliphatic heterocycles. The molecule has 0 saturated carbocycles. The summed E-state index contributed by atoms with van der Waals surface area (Å²) < 4.78 is 0. The zero-order valence-corrected chi connectivity index (χ0v) is 15.5. The van der Waals surface area contributed by atoms with Crippen molar-refractivity contribution >= 4 is 10.8 Å². The summed E-state index contributed by atoms with van der Waals surface area (Å²) in [7, 11) is 0. The van der Waals surface area contributed by atoms with Gasteiger partial charge in [0.1, 0.15) is 0 Å². The van der Waals surface area contributed by atoms with Gasteiger partial charge in [-0.2, -0.15) is 0 Å². The summed E-state index contributed by atoms with van der Waals surface area (Å²) in [5, 5.41) is 2.75. The largest absolute Gasteiger partial charge is 0.0622 e. The van der Waals surface area contributed by atoms with E-state index in [1.165, 1.54) is 44.2 Å². The average molecular weight is 356 g/mol. The average Bonchev–Trinajstić information content (AvgIpc) is 3.12. The van der Waals surface area contributed by atoms with Crippen molar-refractivity contribution in [1.82, 2.24) is 0 Å². The Morgan fingerprint density at radius 1 is 0.286 bits per heavy atom. The molecule has 0 fully saturated rings. The molecule has 0 unspecified atom stereocenters. The minimum Gasteiger partial charge on any atom is -0.0622 e. The lowest BCUT2D eigenvalue weighted by Crippen LogP contribution is -1.73. The van der Waals surface area contributed by atoms with Crippen molar-refractivity contribution in [3.05, 3.63) is 121 Å². The number of hydrogen-bond donors (Lipinski definition) is 0. The third-order valence-electron chi connectivity index (χ3n) is 5.29. The topological polar surface area (TPSA) is 0 Å². The minimum atomic E-state index is 1.28. The van der Waals surface area contributed by atoms with Gasteiger partial charge < -0.3 is 0 Å². The van der Waals surface area contributed by atoms with Gasteiger partial charge in [-0.05, 0) is 44.2 Å². The van der Waals surface area contributed by atoms with Crippen LogP contribution in [0.4, 0.5) is 0 Å². The fraction of sp³-hybridized carbons (Fsp3) is 0. The fourth-order valence-corrected chi connectivity index (χ4v) is 4.00. The second-order valence-corrected chi connectivity index (χ2v) is 6.99. The first-order valence-corrected chi connectivity index (χ1v) is 9.64. The summed E-state index contributed by atoms with van der Waals surface area (Å²) in [6, 6.07) is 42.5. The molecule has 0 saturated heterocycles. The Labute approximate surface area is 165 Å². The maximum absolute atomic E-state index is 2.22. The van der Waals surface area contributed by atoms with Gasteiger partial charge in [-0.1, -0.05) is 121 Å². The molecule has 0 spiro atoms. The highest BCUT2D eigenvalue weighted by Crippen LogP contribution is 2.46. The lowest BCUT2D eigenvalue weighted by atomic mass is 10.0. The Balaban J connectivity index is 0.000000128. The first kappa shape index (κ1) is 16.5. The number of rotatable bonds is 1. The highest BCUT2D eigenvalue weighted by Gasteiger charge is 2.19. The molecule has 1 aliphatic carbocycles. The van der Waals surface area contributed by atoms with Gasteiger partial charge in [0.05, 0.1) is 0 Å². The molecule has 0 nitrogen and oxygen atoms in total. The molecular weight excluding hydrogens is 336 g/mol. The van der Waals surface area contributed by atoms with Crippen LogP contribution in [0.5, 0.6) is 0 Å². The Bertz CT molecular complexity index is 1140. The molecular formula is C28H20. The number of hydrogen-bond acceptors (Lipinski definition) is 0. The van der Waals surface area contributed by atoms with Crippen LogP contribution < -0.4 is 0 Å². The molecule has 5 aromatic carbocycles. The van der Waals surface area contributed by atoms with Crippen molar-refractivity contribution in [2.24, 2.45) is 0 Å². The van der Waals surface area contributed by atoms with Crippen LogP contribution in [0.3, 0.4) is 0 Å². The molecule has 0 heterocycles. The monoisotopic (exact) mass is 356 g/mol. The van der Waals surface area contributed by atoms with Gasteiger partial charge in [0, 0.05) is 0 Å². The van der Waals surface area contributed by atoms with Crippen LogP contribution in [-0.4, -0.2) is 0 Å². The second kappa shape index (κ2) is 7.17. The van der Waals surface area contributed by atoms with Crippen LogP contribution in [0.25, 0.3) is 44.2 Å². The number of benzene rings is 5. The van der Waals surface area contributed by atoms with Crippen LogP contribution in [0.1, 0.15) is 0 Å². The predicted molar refractivity (Wildman–Crippen MR) is 120 cm³/mol. The minimum absolute atomic E-state index is 1.28. The van der Waals surface area contributed by atoms with Gasteiger partial charge >= 0.3 is 0 Å². The SMILES string of the molecule is c1ccc(-c2ccccc2)cc1.c1ccc2c(c1)-c1cccc3cccc-2c13. The molecule has 1 aliphatic rings. The van der Waals surface area contributed by atoms with Crippen LogP contribution >= 0.6 is 0 Å². The molecule has 0 bridgehead atoms. The summed E-state index contributed by atoms with van der Waals surface area (Å²) in [6.45, 7) is 0. The van der Waals surface area contributed by atoms with Gasteiger partial charge in [0.2, 0.25) is 0 Å². The van der Waals surface area contributed by atoms with E-state index in [1.54, 1.807) is 0 Å². The molecule has 28 heavy (non-hydrogen) atoms. The van der Waals surface area contributed by atoms with E-state index in [0.29, 0.717) is 0 Å².